The van der Waals surface area contributed by atoms with Crippen molar-refractivity contribution in [3.8, 4) is 5.75 Å². The van der Waals surface area contributed by atoms with Gasteiger partial charge in [0.15, 0.2) is 0 Å². The molecule has 0 aliphatic rings. The van der Waals surface area contributed by atoms with E-state index >= 15 is 0 Å². The van der Waals surface area contributed by atoms with Gasteiger partial charge in [-0.05, 0) is 31.4 Å². The van der Waals surface area contributed by atoms with Crippen LogP contribution in [0.15, 0.2) is 18.2 Å². The van der Waals surface area contributed by atoms with Gasteiger partial charge < -0.3 is 20.3 Å². The summed E-state index contributed by atoms with van der Waals surface area (Å²) in [5.74, 6) is 0.762. The molecule has 6 heteroatoms. The molecule has 1 aromatic rings. The predicted octanol–water partition coefficient (Wildman–Crippen LogP) is 1.54. The van der Waals surface area contributed by atoms with Crippen molar-refractivity contribution < 1.29 is 14.3 Å². The molecule has 0 heterocycles. The van der Waals surface area contributed by atoms with Gasteiger partial charge in [-0.2, -0.15) is 0 Å². The summed E-state index contributed by atoms with van der Waals surface area (Å²) in [4.78, 5) is 25.5. The van der Waals surface area contributed by atoms with Gasteiger partial charge in [0.25, 0.3) is 0 Å². The Labute approximate surface area is 131 Å². The number of nitrogens with zero attached hydrogens (tertiary/aromatic N) is 2. The summed E-state index contributed by atoms with van der Waals surface area (Å²) >= 11 is 0. The molecule has 0 saturated heterocycles. The van der Waals surface area contributed by atoms with Crippen molar-refractivity contribution >= 4 is 11.9 Å². The highest BCUT2D eigenvalue weighted by atomic mass is 16.5. The van der Waals surface area contributed by atoms with Crippen LogP contribution in [0.5, 0.6) is 5.75 Å². The maximum absolute atomic E-state index is 11.9. The van der Waals surface area contributed by atoms with Crippen LogP contribution >= 0.6 is 0 Å². The molecule has 122 valence electrons. The number of para-hydroxylation sites is 1. The molecule has 0 saturated carbocycles. The quantitative estimate of drug-likeness (QED) is 0.776. The number of ether oxygens (including phenoxy) is 1. The smallest absolute Gasteiger partial charge is 0.314 e. The summed E-state index contributed by atoms with van der Waals surface area (Å²) in [6.07, 6.45) is 0.719. The lowest BCUT2D eigenvalue weighted by Gasteiger charge is -2.21. The second-order valence-corrected chi connectivity index (χ2v) is 5.43. The molecule has 0 radical (unpaired) electrons. The molecule has 0 spiro atoms. The number of urea groups is 1. The van der Waals surface area contributed by atoms with E-state index in [-0.39, 0.29) is 12.5 Å². The lowest BCUT2D eigenvalue weighted by atomic mass is 10.1. The molecule has 0 aliphatic carbocycles. The average Bonchev–Trinajstić information content (AvgIpc) is 2.45. The van der Waals surface area contributed by atoms with Gasteiger partial charge >= 0.3 is 6.03 Å². The van der Waals surface area contributed by atoms with Crippen molar-refractivity contribution in [1.29, 1.82) is 0 Å². The van der Waals surface area contributed by atoms with Crippen LogP contribution in [0.25, 0.3) is 0 Å². The highest BCUT2D eigenvalue weighted by molar-refractivity contribution is 5.83. The number of carbonyl (C=O) groups is 2. The largest absolute Gasteiger partial charge is 0.493 e. The summed E-state index contributed by atoms with van der Waals surface area (Å²) in [7, 11) is 3.20. The van der Waals surface area contributed by atoms with Crippen LogP contribution in [-0.2, 0) is 4.79 Å². The van der Waals surface area contributed by atoms with Crippen molar-refractivity contribution in [3.05, 3.63) is 29.3 Å². The van der Waals surface area contributed by atoms with Crippen LogP contribution in [0, 0.1) is 13.8 Å². The summed E-state index contributed by atoms with van der Waals surface area (Å²) in [5, 5.41) is 0. The van der Waals surface area contributed by atoms with Crippen molar-refractivity contribution in [2.45, 2.75) is 20.3 Å². The normalized spacial score (nSPS) is 10.2. The topological polar surface area (TPSA) is 75.9 Å². The van der Waals surface area contributed by atoms with Gasteiger partial charge in [0, 0.05) is 20.6 Å². The summed E-state index contributed by atoms with van der Waals surface area (Å²) < 4.78 is 5.79. The number of nitrogens with two attached hydrogens (primary N) is 1. The Morgan fingerprint density at radius 3 is 2.27 bits per heavy atom. The first-order valence-corrected chi connectivity index (χ1v) is 7.26. The highest BCUT2D eigenvalue weighted by Crippen LogP contribution is 2.22. The van der Waals surface area contributed by atoms with Crippen molar-refractivity contribution in [1.82, 2.24) is 9.80 Å². The molecule has 0 atom stereocenters. The zero-order valence-electron chi connectivity index (χ0n) is 13.8. The molecule has 0 unspecified atom stereocenters. The minimum Gasteiger partial charge on any atom is -0.493 e. The molecule has 2 N–H and O–H groups in total. The number of hydrogen-bond acceptors (Lipinski definition) is 3. The van der Waals surface area contributed by atoms with E-state index in [0.29, 0.717) is 13.2 Å². The third kappa shape index (κ3) is 5.27. The number of aryl methyl sites for hydroxylation is 2. The van der Waals surface area contributed by atoms with Gasteiger partial charge in [-0.3, -0.25) is 4.79 Å². The Bertz CT molecular complexity index is 511. The third-order valence-electron chi connectivity index (χ3n) is 3.47. The molecule has 22 heavy (non-hydrogen) atoms. The number of primary amides is 1. The fourth-order valence-corrected chi connectivity index (χ4v) is 2.03. The van der Waals surface area contributed by atoms with E-state index in [2.05, 4.69) is 0 Å². The molecule has 3 amide bonds. The van der Waals surface area contributed by atoms with Crippen molar-refractivity contribution in [2.75, 3.05) is 33.8 Å². The van der Waals surface area contributed by atoms with E-state index in [0.717, 1.165) is 23.3 Å². The fourth-order valence-electron chi connectivity index (χ4n) is 2.03. The standard InChI is InChI=1S/C16H25N3O3/c1-12-7-5-8-13(2)15(12)22-10-6-9-18(3)14(20)11-19(4)16(17)21/h5,7-8H,6,9-11H2,1-4H3,(H2,17,21). The van der Waals surface area contributed by atoms with Crippen molar-refractivity contribution in [2.24, 2.45) is 5.73 Å². The van der Waals surface area contributed by atoms with Gasteiger partial charge in [-0.15, -0.1) is 0 Å². The molecule has 1 aromatic carbocycles. The number of carbonyl (C=O) groups excluding carboxylic acids is 2. The molecule has 1 rings (SSSR count). The highest BCUT2D eigenvalue weighted by Gasteiger charge is 2.13. The first kappa shape index (κ1) is 17.8. The van der Waals surface area contributed by atoms with E-state index < -0.39 is 6.03 Å². The van der Waals surface area contributed by atoms with Crippen LogP contribution in [0.4, 0.5) is 4.79 Å². The minimum atomic E-state index is -0.611. The lowest BCUT2D eigenvalue weighted by Crippen LogP contribution is -2.42. The van der Waals surface area contributed by atoms with Gasteiger partial charge in [0.1, 0.15) is 12.3 Å². The molecule has 0 bridgehead atoms. The van der Waals surface area contributed by atoms with Crippen LogP contribution in [0.2, 0.25) is 0 Å². The maximum Gasteiger partial charge on any atom is 0.314 e. The molecular formula is C16H25N3O3. The van der Waals surface area contributed by atoms with Crippen LogP contribution in [0.1, 0.15) is 17.5 Å². The first-order valence-electron chi connectivity index (χ1n) is 7.26. The predicted molar refractivity (Wildman–Crippen MR) is 85.9 cm³/mol. The van der Waals surface area contributed by atoms with E-state index in [9.17, 15) is 9.59 Å². The number of benzene rings is 1. The van der Waals surface area contributed by atoms with Crippen molar-refractivity contribution in [3.63, 3.8) is 0 Å². The third-order valence-corrected chi connectivity index (χ3v) is 3.47. The summed E-state index contributed by atoms with van der Waals surface area (Å²) in [5.41, 5.74) is 7.30. The van der Waals surface area contributed by atoms with E-state index in [1.165, 1.54) is 11.9 Å². The Balaban J connectivity index is 2.35. The number of amides is 3. The monoisotopic (exact) mass is 307 g/mol. The Morgan fingerprint density at radius 2 is 1.73 bits per heavy atom. The molecule has 6 nitrogen and oxygen atoms in total. The minimum absolute atomic E-state index is 0.0103. The van der Waals surface area contributed by atoms with Crippen LogP contribution in [0.3, 0.4) is 0 Å². The van der Waals surface area contributed by atoms with Crippen LogP contribution < -0.4 is 10.5 Å². The Morgan fingerprint density at radius 1 is 1.14 bits per heavy atom. The molecule has 0 fully saturated rings. The lowest BCUT2D eigenvalue weighted by molar-refractivity contribution is -0.130. The zero-order valence-corrected chi connectivity index (χ0v) is 13.8. The summed E-state index contributed by atoms with van der Waals surface area (Å²) in [6, 6.07) is 5.41. The second-order valence-electron chi connectivity index (χ2n) is 5.43. The Kier molecular flexibility index (Phi) is 6.69. The molecular weight excluding hydrogens is 282 g/mol. The van der Waals surface area contributed by atoms with E-state index in [4.69, 9.17) is 10.5 Å². The van der Waals surface area contributed by atoms with Crippen LogP contribution in [-0.4, -0.2) is 55.5 Å². The van der Waals surface area contributed by atoms with Gasteiger partial charge in [0.2, 0.25) is 5.91 Å². The van der Waals surface area contributed by atoms with Gasteiger partial charge in [-0.25, -0.2) is 4.79 Å². The molecule has 0 aromatic heterocycles. The summed E-state index contributed by atoms with van der Waals surface area (Å²) in [6.45, 7) is 5.12. The van der Waals surface area contributed by atoms with E-state index in [1.807, 2.05) is 32.0 Å². The SMILES string of the molecule is Cc1cccc(C)c1OCCCN(C)C(=O)CN(C)C(N)=O. The molecule has 0 aliphatic heterocycles. The number of likely N-dealkylation sites (N-methyl/N-ethyl adjacent to an activating group) is 2. The first-order chi connectivity index (χ1) is 10.3. The second kappa shape index (κ2) is 8.26. The fraction of sp³-hybridized carbons (Fsp3) is 0.500. The zero-order chi connectivity index (χ0) is 16.7. The number of rotatable bonds is 7. The maximum atomic E-state index is 11.9. The Hall–Kier alpha value is -2.24. The number of hydrogen-bond donors (Lipinski definition) is 1. The average molecular weight is 307 g/mol. The van der Waals surface area contributed by atoms with E-state index in [1.54, 1.807) is 11.9 Å². The van der Waals surface area contributed by atoms with Gasteiger partial charge in [-0.1, -0.05) is 18.2 Å². The van der Waals surface area contributed by atoms with Gasteiger partial charge in [0.05, 0.1) is 6.61 Å².